The molecule has 1 saturated heterocycles. The third kappa shape index (κ3) is 2.78. The Hall–Kier alpha value is -2.83. The van der Waals surface area contributed by atoms with Crippen LogP contribution in [0.15, 0.2) is 50.4 Å². The first kappa shape index (κ1) is 14.1. The van der Waals surface area contributed by atoms with Gasteiger partial charge in [-0.15, -0.1) is 0 Å². The fourth-order valence-corrected chi connectivity index (χ4v) is 2.33. The van der Waals surface area contributed by atoms with E-state index in [0.717, 1.165) is 6.26 Å². The first-order valence-corrected chi connectivity index (χ1v) is 6.86. The van der Waals surface area contributed by atoms with E-state index in [0.29, 0.717) is 37.5 Å². The fraction of sp³-hybridized carbons (Fsp3) is 0.267. The van der Waals surface area contributed by atoms with Crippen molar-refractivity contribution in [2.75, 3.05) is 26.2 Å². The lowest BCUT2D eigenvalue weighted by molar-refractivity contribution is 0.0516. The zero-order valence-corrected chi connectivity index (χ0v) is 11.7. The van der Waals surface area contributed by atoms with Crippen molar-refractivity contribution in [1.29, 1.82) is 0 Å². The topological polar surface area (TPSA) is 84.0 Å². The summed E-state index contributed by atoms with van der Waals surface area (Å²) in [6.45, 7) is 1.71. The van der Waals surface area contributed by atoms with Crippen LogP contribution in [0.4, 0.5) is 0 Å². The maximum atomic E-state index is 12.3. The lowest BCUT2D eigenvalue weighted by atomic mass is 10.2. The van der Waals surface area contributed by atoms with Crippen LogP contribution in [-0.2, 0) is 0 Å². The molecule has 2 aromatic rings. The third-order valence-corrected chi connectivity index (χ3v) is 3.53. The van der Waals surface area contributed by atoms with Crippen LogP contribution in [0.1, 0.15) is 20.9 Å². The molecule has 0 radical (unpaired) electrons. The quantitative estimate of drug-likeness (QED) is 0.820. The van der Waals surface area contributed by atoms with E-state index in [1.54, 1.807) is 21.9 Å². The van der Waals surface area contributed by atoms with E-state index in [1.165, 1.54) is 18.4 Å². The van der Waals surface area contributed by atoms with Crippen molar-refractivity contribution in [3.8, 4) is 0 Å². The number of rotatable bonds is 2. The highest BCUT2D eigenvalue weighted by Crippen LogP contribution is 2.11. The summed E-state index contributed by atoms with van der Waals surface area (Å²) < 4.78 is 9.79. The number of nitrogens with zero attached hydrogens (tertiary/aromatic N) is 2. The Morgan fingerprint density at radius 1 is 0.909 bits per heavy atom. The average Bonchev–Trinajstić information content (AvgIpc) is 3.09. The summed E-state index contributed by atoms with van der Waals surface area (Å²) in [5, 5.41) is 0. The summed E-state index contributed by atoms with van der Waals surface area (Å²) in [6.07, 6.45) is 2.61. The van der Waals surface area contributed by atoms with Gasteiger partial charge in [-0.05, 0) is 18.2 Å². The van der Waals surface area contributed by atoms with Crippen molar-refractivity contribution in [3.05, 3.63) is 58.5 Å². The summed E-state index contributed by atoms with van der Waals surface area (Å²) in [5.74, 6) is -0.0961. The van der Waals surface area contributed by atoms with Crippen LogP contribution < -0.4 is 5.63 Å². The van der Waals surface area contributed by atoms with Gasteiger partial charge in [-0.3, -0.25) is 9.59 Å². The molecule has 0 spiro atoms. The molecule has 2 amide bonds. The molecule has 1 aliphatic heterocycles. The first-order valence-electron chi connectivity index (χ1n) is 6.86. The molecule has 0 unspecified atom stereocenters. The van der Waals surface area contributed by atoms with Crippen molar-refractivity contribution < 1.29 is 18.4 Å². The van der Waals surface area contributed by atoms with Crippen LogP contribution in [0.2, 0.25) is 0 Å². The lowest BCUT2D eigenvalue weighted by Gasteiger charge is -2.34. The molecule has 7 nitrogen and oxygen atoms in total. The van der Waals surface area contributed by atoms with Crippen LogP contribution in [0, 0.1) is 0 Å². The van der Waals surface area contributed by atoms with E-state index in [1.807, 2.05) is 0 Å². The fourth-order valence-electron chi connectivity index (χ4n) is 2.33. The van der Waals surface area contributed by atoms with Gasteiger partial charge in [-0.2, -0.15) is 0 Å². The number of furan rings is 1. The second kappa shape index (κ2) is 5.88. The largest absolute Gasteiger partial charge is 0.459 e. The van der Waals surface area contributed by atoms with Gasteiger partial charge in [0.25, 0.3) is 11.8 Å². The van der Waals surface area contributed by atoms with Gasteiger partial charge in [0.1, 0.15) is 6.26 Å². The Kier molecular flexibility index (Phi) is 3.78. The minimum Gasteiger partial charge on any atom is -0.459 e. The summed E-state index contributed by atoms with van der Waals surface area (Å²) in [5.41, 5.74) is -0.171. The van der Waals surface area contributed by atoms with Gasteiger partial charge < -0.3 is 18.6 Å². The van der Waals surface area contributed by atoms with Gasteiger partial charge in [0, 0.05) is 32.2 Å². The molecule has 0 saturated carbocycles. The minimum absolute atomic E-state index is 0.178. The molecule has 0 aromatic carbocycles. The van der Waals surface area contributed by atoms with Crippen LogP contribution >= 0.6 is 0 Å². The van der Waals surface area contributed by atoms with Gasteiger partial charge in [-0.25, -0.2) is 4.79 Å². The number of piperazine rings is 1. The second-order valence-corrected chi connectivity index (χ2v) is 4.91. The molecular weight excluding hydrogens is 288 g/mol. The van der Waals surface area contributed by atoms with Crippen molar-refractivity contribution in [2.45, 2.75) is 0 Å². The number of carbonyl (C=O) groups excluding carboxylic acids is 2. The maximum Gasteiger partial charge on any atom is 0.335 e. The smallest absolute Gasteiger partial charge is 0.335 e. The monoisotopic (exact) mass is 302 g/mol. The van der Waals surface area contributed by atoms with Crippen molar-refractivity contribution in [2.24, 2.45) is 0 Å². The molecule has 0 bridgehead atoms. The van der Waals surface area contributed by atoms with Crippen molar-refractivity contribution in [1.82, 2.24) is 9.80 Å². The standard InChI is InChI=1S/C15H14N2O5/c18-13-4-3-11(10-22-13)14(19)16-5-7-17(8-6-16)15(20)12-2-1-9-21-12/h1-4,9-10H,5-8H2. The van der Waals surface area contributed by atoms with Crippen LogP contribution in [0.25, 0.3) is 0 Å². The van der Waals surface area contributed by atoms with Crippen LogP contribution in [-0.4, -0.2) is 47.8 Å². The highest BCUT2D eigenvalue weighted by atomic mass is 16.4. The number of carbonyl (C=O) groups is 2. The maximum absolute atomic E-state index is 12.3. The predicted molar refractivity (Wildman–Crippen MR) is 75.5 cm³/mol. The van der Waals surface area contributed by atoms with Gasteiger partial charge >= 0.3 is 5.63 Å². The highest BCUT2D eigenvalue weighted by molar-refractivity contribution is 5.94. The molecule has 3 heterocycles. The molecule has 1 aliphatic rings. The van der Waals surface area contributed by atoms with Gasteiger partial charge in [0.15, 0.2) is 5.76 Å². The summed E-state index contributed by atoms with van der Waals surface area (Å²) in [7, 11) is 0. The molecule has 0 atom stereocenters. The molecule has 7 heteroatoms. The van der Waals surface area contributed by atoms with Gasteiger partial charge in [0.05, 0.1) is 11.8 Å². The molecule has 3 rings (SSSR count). The SMILES string of the molecule is O=C(c1ccc(=O)oc1)N1CCN(C(=O)c2ccco2)CC1. The zero-order chi connectivity index (χ0) is 15.5. The van der Waals surface area contributed by atoms with Gasteiger partial charge in [-0.1, -0.05) is 0 Å². The first-order chi connectivity index (χ1) is 10.6. The second-order valence-electron chi connectivity index (χ2n) is 4.91. The van der Waals surface area contributed by atoms with E-state index in [2.05, 4.69) is 0 Å². The molecule has 0 N–H and O–H groups in total. The summed E-state index contributed by atoms with van der Waals surface area (Å²) >= 11 is 0. The summed E-state index contributed by atoms with van der Waals surface area (Å²) in [4.78, 5) is 38.6. The Morgan fingerprint density at radius 3 is 2.14 bits per heavy atom. The number of hydrogen-bond acceptors (Lipinski definition) is 5. The zero-order valence-electron chi connectivity index (χ0n) is 11.7. The van der Waals surface area contributed by atoms with Crippen LogP contribution in [0.5, 0.6) is 0 Å². The highest BCUT2D eigenvalue weighted by Gasteiger charge is 2.26. The Morgan fingerprint density at radius 2 is 1.59 bits per heavy atom. The lowest BCUT2D eigenvalue weighted by Crippen LogP contribution is -2.50. The van der Waals surface area contributed by atoms with E-state index in [-0.39, 0.29) is 11.8 Å². The van der Waals surface area contributed by atoms with E-state index in [4.69, 9.17) is 8.83 Å². The van der Waals surface area contributed by atoms with Gasteiger partial charge in [0.2, 0.25) is 0 Å². The van der Waals surface area contributed by atoms with E-state index >= 15 is 0 Å². The number of amides is 2. The average molecular weight is 302 g/mol. The Bertz CT molecular complexity index is 706. The van der Waals surface area contributed by atoms with E-state index in [9.17, 15) is 14.4 Å². The third-order valence-electron chi connectivity index (χ3n) is 3.53. The normalized spacial score (nSPS) is 14.9. The molecule has 2 aromatic heterocycles. The van der Waals surface area contributed by atoms with Crippen molar-refractivity contribution >= 4 is 11.8 Å². The van der Waals surface area contributed by atoms with Crippen molar-refractivity contribution in [3.63, 3.8) is 0 Å². The molecule has 0 aliphatic carbocycles. The summed E-state index contributed by atoms with van der Waals surface area (Å²) in [6, 6.07) is 5.93. The minimum atomic E-state index is -0.495. The number of hydrogen-bond donors (Lipinski definition) is 0. The van der Waals surface area contributed by atoms with Crippen LogP contribution in [0.3, 0.4) is 0 Å². The van der Waals surface area contributed by atoms with E-state index < -0.39 is 5.63 Å². The molecular formula is C15H14N2O5. The Labute approximate surface area is 125 Å². The Balaban J connectivity index is 1.62. The molecule has 114 valence electrons. The molecule has 22 heavy (non-hydrogen) atoms. The molecule has 1 fully saturated rings. The predicted octanol–water partition coefficient (Wildman–Crippen LogP) is 0.831.